The Morgan fingerprint density at radius 1 is 1.24 bits per heavy atom. The number of halogens is 1. The van der Waals surface area contributed by atoms with Crippen molar-refractivity contribution in [1.29, 1.82) is 0 Å². The highest BCUT2D eigenvalue weighted by Crippen LogP contribution is 2.34. The van der Waals surface area contributed by atoms with Crippen LogP contribution in [0.25, 0.3) is 0 Å². The van der Waals surface area contributed by atoms with Gasteiger partial charge in [0.05, 0.1) is 6.10 Å². The van der Waals surface area contributed by atoms with Crippen molar-refractivity contribution < 1.29 is 4.74 Å². The van der Waals surface area contributed by atoms with Gasteiger partial charge < -0.3 is 4.74 Å². The number of nitrogens with one attached hydrogen (secondary N) is 1. The third kappa shape index (κ3) is 2.56. The predicted molar refractivity (Wildman–Crippen MR) is 71.7 cm³/mol. The minimum atomic E-state index is 0.0758. The maximum Gasteiger partial charge on any atom is 0.134 e. The van der Waals surface area contributed by atoms with E-state index < -0.39 is 0 Å². The van der Waals surface area contributed by atoms with Crippen molar-refractivity contribution in [2.24, 2.45) is 5.92 Å². The zero-order valence-electron chi connectivity index (χ0n) is 9.86. The molecule has 2 aliphatic rings. The van der Waals surface area contributed by atoms with Gasteiger partial charge in [-0.15, -0.1) is 0 Å². The first-order valence-corrected chi connectivity index (χ1v) is 7.26. The molecule has 1 aliphatic carbocycles. The van der Waals surface area contributed by atoms with Crippen LogP contribution in [0.5, 0.6) is 0 Å². The van der Waals surface area contributed by atoms with Crippen molar-refractivity contribution in [3.05, 3.63) is 34.3 Å². The van der Waals surface area contributed by atoms with E-state index in [2.05, 4.69) is 45.5 Å². The predicted octanol–water partition coefficient (Wildman–Crippen LogP) is 3.63. The molecule has 1 aromatic rings. The molecule has 17 heavy (non-hydrogen) atoms. The monoisotopic (exact) mass is 295 g/mol. The first-order chi connectivity index (χ1) is 8.33. The molecule has 0 bridgehead atoms. The van der Waals surface area contributed by atoms with Gasteiger partial charge in [-0.2, -0.15) is 0 Å². The maximum atomic E-state index is 6.20. The highest BCUT2D eigenvalue weighted by Gasteiger charge is 2.33. The molecular weight excluding hydrogens is 278 g/mol. The van der Waals surface area contributed by atoms with Gasteiger partial charge in [0.25, 0.3) is 0 Å². The lowest BCUT2D eigenvalue weighted by molar-refractivity contribution is -0.109. The summed E-state index contributed by atoms with van der Waals surface area (Å²) in [4.78, 5) is 0. The molecule has 1 saturated heterocycles. The SMILES string of the molecule is Brc1cccc(C2NC[C@H]3CCCC[C@@H]3O2)c1. The Kier molecular flexibility index (Phi) is 3.50. The zero-order chi connectivity index (χ0) is 11.7. The summed E-state index contributed by atoms with van der Waals surface area (Å²) in [6.45, 7) is 1.10. The van der Waals surface area contributed by atoms with E-state index in [0.29, 0.717) is 6.10 Å². The molecule has 1 N–H and O–H groups in total. The van der Waals surface area contributed by atoms with Gasteiger partial charge in [-0.1, -0.05) is 40.9 Å². The van der Waals surface area contributed by atoms with Crippen LogP contribution in [-0.2, 0) is 4.74 Å². The lowest BCUT2D eigenvalue weighted by Gasteiger charge is -2.40. The molecule has 0 aromatic heterocycles. The van der Waals surface area contributed by atoms with Crippen LogP contribution in [-0.4, -0.2) is 12.6 Å². The molecule has 0 radical (unpaired) electrons. The van der Waals surface area contributed by atoms with E-state index in [1.807, 2.05) is 0 Å². The van der Waals surface area contributed by atoms with Crippen LogP contribution in [0.2, 0.25) is 0 Å². The zero-order valence-corrected chi connectivity index (χ0v) is 11.4. The van der Waals surface area contributed by atoms with E-state index in [1.165, 1.54) is 31.2 Å². The third-order valence-corrected chi connectivity index (χ3v) is 4.36. The first kappa shape index (κ1) is 11.7. The van der Waals surface area contributed by atoms with Gasteiger partial charge in [0.2, 0.25) is 0 Å². The normalized spacial score (nSPS) is 33.1. The molecule has 92 valence electrons. The van der Waals surface area contributed by atoms with Crippen molar-refractivity contribution >= 4 is 15.9 Å². The van der Waals surface area contributed by atoms with Crippen molar-refractivity contribution in [1.82, 2.24) is 5.32 Å². The van der Waals surface area contributed by atoms with Gasteiger partial charge in [0.15, 0.2) is 0 Å². The summed E-state index contributed by atoms with van der Waals surface area (Å²) in [5.41, 5.74) is 1.23. The van der Waals surface area contributed by atoms with Gasteiger partial charge in [-0.25, -0.2) is 0 Å². The smallest absolute Gasteiger partial charge is 0.134 e. The van der Waals surface area contributed by atoms with E-state index in [-0.39, 0.29) is 6.23 Å². The summed E-state index contributed by atoms with van der Waals surface area (Å²) >= 11 is 3.51. The first-order valence-electron chi connectivity index (χ1n) is 6.47. The highest BCUT2D eigenvalue weighted by molar-refractivity contribution is 9.10. The Labute approximate surface area is 111 Å². The molecule has 2 nitrogen and oxygen atoms in total. The van der Waals surface area contributed by atoms with Gasteiger partial charge in [0.1, 0.15) is 6.23 Å². The van der Waals surface area contributed by atoms with Crippen LogP contribution in [0.4, 0.5) is 0 Å². The minimum Gasteiger partial charge on any atom is -0.356 e. The van der Waals surface area contributed by atoms with Crippen LogP contribution < -0.4 is 5.32 Å². The van der Waals surface area contributed by atoms with Crippen LogP contribution in [0, 0.1) is 5.92 Å². The van der Waals surface area contributed by atoms with E-state index in [0.717, 1.165) is 16.9 Å². The summed E-state index contributed by atoms with van der Waals surface area (Å²) in [6.07, 6.45) is 5.79. The van der Waals surface area contributed by atoms with Crippen LogP contribution in [0.1, 0.15) is 37.5 Å². The second kappa shape index (κ2) is 5.09. The van der Waals surface area contributed by atoms with Crippen LogP contribution in [0.15, 0.2) is 28.7 Å². The molecule has 1 heterocycles. The molecule has 1 saturated carbocycles. The van der Waals surface area contributed by atoms with Crippen molar-refractivity contribution in [2.45, 2.75) is 38.0 Å². The lowest BCUT2D eigenvalue weighted by Crippen LogP contribution is -2.45. The maximum absolute atomic E-state index is 6.20. The molecule has 0 spiro atoms. The van der Waals surface area contributed by atoms with Crippen LogP contribution >= 0.6 is 15.9 Å². The second-order valence-electron chi connectivity index (χ2n) is 5.06. The Morgan fingerprint density at radius 2 is 2.12 bits per heavy atom. The average Bonchev–Trinajstić information content (AvgIpc) is 2.38. The van der Waals surface area contributed by atoms with Crippen molar-refractivity contribution in [2.75, 3.05) is 6.54 Å². The Morgan fingerprint density at radius 3 is 3.00 bits per heavy atom. The highest BCUT2D eigenvalue weighted by atomic mass is 79.9. The van der Waals surface area contributed by atoms with E-state index >= 15 is 0 Å². The number of fused-ring (bicyclic) bond motifs is 1. The summed E-state index contributed by atoms with van der Waals surface area (Å²) in [5.74, 6) is 0.729. The van der Waals surface area contributed by atoms with Crippen molar-refractivity contribution in [3.8, 4) is 0 Å². The summed E-state index contributed by atoms with van der Waals surface area (Å²) in [7, 11) is 0. The molecule has 0 amide bonds. The topological polar surface area (TPSA) is 21.3 Å². The molecular formula is C14H18BrNO. The standard InChI is InChI=1S/C14H18BrNO/c15-12-6-3-5-10(8-12)14-16-9-11-4-1-2-7-13(11)17-14/h3,5-6,8,11,13-14,16H,1-2,4,7,9H2/t11-,13+,14?/m1/s1. The average molecular weight is 296 g/mol. The van der Waals surface area contributed by atoms with E-state index in [9.17, 15) is 0 Å². The molecule has 3 rings (SSSR count). The summed E-state index contributed by atoms with van der Waals surface area (Å²) in [6, 6.07) is 8.39. The number of hydrogen-bond donors (Lipinski definition) is 1. The van der Waals surface area contributed by atoms with Gasteiger partial charge in [-0.3, -0.25) is 5.32 Å². The number of ether oxygens (including phenoxy) is 1. The molecule has 1 aliphatic heterocycles. The lowest BCUT2D eigenvalue weighted by atomic mass is 9.85. The van der Waals surface area contributed by atoms with Gasteiger partial charge in [0, 0.05) is 11.0 Å². The fourth-order valence-corrected chi connectivity index (χ4v) is 3.35. The largest absolute Gasteiger partial charge is 0.356 e. The van der Waals surface area contributed by atoms with Crippen LogP contribution in [0.3, 0.4) is 0 Å². The molecule has 3 heteroatoms. The van der Waals surface area contributed by atoms with E-state index in [1.54, 1.807) is 0 Å². The fourth-order valence-electron chi connectivity index (χ4n) is 2.93. The molecule has 1 unspecified atom stereocenters. The number of rotatable bonds is 1. The number of benzene rings is 1. The fraction of sp³-hybridized carbons (Fsp3) is 0.571. The molecule has 3 atom stereocenters. The quantitative estimate of drug-likeness (QED) is 0.854. The van der Waals surface area contributed by atoms with Crippen molar-refractivity contribution in [3.63, 3.8) is 0 Å². The summed E-state index contributed by atoms with van der Waals surface area (Å²) in [5, 5.41) is 3.52. The number of hydrogen-bond acceptors (Lipinski definition) is 2. The van der Waals surface area contributed by atoms with E-state index in [4.69, 9.17) is 4.74 Å². The second-order valence-corrected chi connectivity index (χ2v) is 5.98. The summed E-state index contributed by atoms with van der Waals surface area (Å²) < 4.78 is 7.32. The Bertz CT molecular complexity index is 396. The Balaban J connectivity index is 1.73. The Hall–Kier alpha value is -0.380. The minimum absolute atomic E-state index is 0.0758. The van der Waals surface area contributed by atoms with Gasteiger partial charge >= 0.3 is 0 Å². The third-order valence-electron chi connectivity index (χ3n) is 3.87. The molecule has 2 fully saturated rings. The molecule has 1 aromatic carbocycles. The van der Waals surface area contributed by atoms with Gasteiger partial charge in [-0.05, 0) is 36.5 Å².